The maximum Gasteiger partial charge on any atom is 0.307 e. The Morgan fingerprint density at radius 1 is 0.882 bits per heavy atom. The molecule has 0 aliphatic rings. The van der Waals surface area contributed by atoms with Gasteiger partial charge in [-0.1, -0.05) is 54.6 Å². The highest BCUT2D eigenvalue weighted by molar-refractivity contribution is 5.70. The molecule has 0 aromatic heterocycles. The van der Waals surface area contributed by atoms with Gasteiger partial charge in [0.1, 0.15) is 11.5 Å². The molecule has 2 unspecified atom stereocenters. The Balaban J connectivity index is 1.82. The minimum Gasteiger partial charge on any atom is -0.496 e. The molecule has 3 aromatic carbocycles. The van der Waals surface area contributed by atoms with E-state index in [-0.39, 0.29) is 12.3 Å². The summed E-state index contributed by atoms with van der Waals surface area (Å²) in [5, 5.41) is 20.5. The number of ether oxygens (including phenoxy) is 2. The molecule has 180 valence electrons. The van der Waals surface area contributed by atoms with Crippen molar-refractivity contribution < 1.29 is 24.5 Å². The number of carboxylic acids is 1. The minimum atomic E-state index is -0.843. The normalized spacial score (nSPS) is 12.7. The van der Waals surface area contributed by atoms with E-state index in [2.05, 4.69) is 12.1 Å². The van der Waals surface area contributed by atoms with Crippen LogP contribution in [0.15, 0.2) is 66.7 Å². The molecule has 0 aliphatic heterocycles. The predicted octanol–water partition coefficient (Wildman–Crippen LogP) is 5.55. The van der Waals surface area contributed by atoms with Gasteiger partial charge in [-0.3, -0.25) is 4.79 Å². The first kappa shape index (κ1) is 25.3. The smallest absolute Gasteiger partial charge is 0.307 e. The number of rotatable bonds is 12. The topological polar surface area (TPSA) is 76.0 Å². The van der Waals surface area contributed by atoms with Gasteiger partial charge in [-0.2, -0.15) is 0 Å². The highest BCUT2D eigenvalue weighted by Crippen LogP contribution is 2.36. The van der Waals surface area contributed by atoms with Crippen molar-refractivity contribution in [3.63, 3.8) is 0 Å². The van der Waals surface area contributed by atoms with Crippen LogP contribution in [0.3, 0.4) is 0 Å². The van der Waals surface area contributed by atoms with Crippen LogP contribution in [0.2, 0.25) is 0 Å². The van der Waals surface area contributed by atoms with E-state index < -0.39 is 12.1 Å². The Labute approximate surface area is 202 Å². The van der Waals surface area contributed by atoms with Gasteiger partial charge < -0.3 is 19.7 Å². The number of aliphatic carboxylic acids is 1. The second-order valence-corrected chi connectivity index (χ2v) is 8.72. The van der Waals surface area contributed by atoms with E-state index in [1.54, 1.807) is 14.2 Å². The first-order valence-electron chi connectivity index (χ1n) is 11.7. The molecule has 5 heteroatoms. The second kappa shape index (κ2) is 12.2. The molecule has 2 N–H and O–H groups in total. The van der Waals surface area contributed by atoms with E-state index in [9.17, 15) is 9.90 Å². The zero-order chi connectivity index (χ0) is 24.5. The molecule has 0 fully saturated rings. The Morgan fingerprint density at radius 3 is 2.03 bits per heavy atom. The zero-order valence-electron chi connectivity index (χ0n) is 20.2. The van der Waals surface area contributed by atoms with Crippen molar-refractivity contribution in [2.75, 3.05) is 14.2 Å². The fourth-order valence-electron chi connectivity index (χ4n) is 4.40. The summed E-state index contributed by atoms with van der Waals surface area (Å²) in [6, 6.07) is 21.8. The van der Waals surface area contributed by atoms with E-state index in [1.165, 1.54) is 5.56 Å². The Morgan fingerprint density at radius 2 is 1.47 bits per heavy atom. The molecule has 0 saturated carbocycles. The number of carboxylic acid groups (broad SMARTS) is 1. The summed E-state index contributed by atoms with van der Waals surface area (Å²) in [6.07, 6.45) is 2.72. The minimum absolute atomic E-state index is 0.00631. The van der Waals surface area contributed by atoms with E-state index in [1.807, 2.05) is 61.5 Å². The summed E-state index contributed by atoms with van der Waals surface area (Å²) < 4.78 is 11.0. The summed E-state index contributed by atoms with van der Waals surface area (Å²) in [5.41, 5.74) is 4.80. The number of aryl methyl sites for hydroxylation is 1. The van der Waals surface area contributed by atoms with Gasteiger partial charge >= 0.3 is 5.97 Å². The van der Waals surface area contributed by atoms with Crippen LogP contribution in [0.5, 0.6) is 11.5 Å². The van der Waals surface area contributed by atoms with Crippen LogP contribution < -0.4 is 9.47 Å². The number of hydrogen-bond acceptors (Lipinski definition) is 4. The van der Waals surface area contributed by atoms with Crippen LogP contribution in [-0.2, 0) is 24.1 Å². The highest BCUT2D eigenvalue weighted by Gasteiger charge is 2.24. The monoisotopic (exact) mass is 462 g/mol. The maximum atomic E-state index is 11.5. The van der Waals surface area contributed by atoms with Crippen LogP contribution in [0.1, 0.15) is 46.8 Å². The average molecular weight is 463 g/mol. The standard InChI is InChI=1S/C29H34O5/c1-20-26(33-2)18-25(19-27(20)34-3)29(32)24(11-7-10-21-8-5-4-6-9-21)16-22-12-14-23(15-13-22)17-28(30)31/h4-6,8-9,12-15,18-19,24,29,32H,7,10-11,16-17H2,1-3H3,(H,30,31). The van der Waals surface area contributed by atoms with Crippen LogP contribution in [-0.4, -0.2) is 30.4 Å². The first-order valence-corrected chi connectivity index (χ1v) is 11.7. The first-order chi connectivity index (χ1) is 16.4. The summed E-state index contributed by atoms with van der Waals surface area (Å²) in [6.45, 7) is 1.93. The fourth-order valence-corrected chi connectivity index (χ4v) is 4.40. The van der Waals surface area contributed by atoms with Gasteiger partial charge in [0, 0.05) is 5.56 Å². The van der Waals surface area contributed by atoms with Gasteiger partial charge in [0.05, 0.1) is 26.7 Å². The number of methoxy groups -OCH3 is 2. The quantitative estimate of drug-likeness (QED) is 0.369. The van der Waals surface area contributed by atoms with E-state index in [4.69, 9.17) is 14.6 Å². The Kier molecular flexibility index (Phi) is 9.11. The molecule has 34 heavy (non-hydrogen) atoms. The second-order valence-electron chi connectivity index (χ2n) is 8.72. The van der Waals surface area contributed by atoms with Gasteiger partial charge in [-0.05, 0) is 72.9 Å². The maximum absolute atomic E-state index is 11.5. The van der Waals surface area contributed by atoms with Crippen LogP contribution in [0.4, 0.5) is 0 Å². The van der Waals surface area contributed by atoms with Gasteiger partial charge in [-0.15, -0.1) is 0 Å². The molecule has 2 atom stereocenters. The third-order valence-electron chi connectivity index (χ3n) is 6.32. The molecule has 3 rings (SSSR count). The van der Waals surface area contributed by atoms with Crippen molar-refractivity contribution in [3.8, 4) is 11.5 Å². The number of aliphatic hydroxyl groups is 1. The summed E-state index contributed by atoms with van der Waals surface area (Å²) >= 11 is 0. The van der Waals surface area contributed by atoms with Crippen molar-refractivity contribution in [2.24, 2.45) is 5.92 Å². The van der Waals surface area contributed by atoms with Crippen LogP contribution in [0, 0.1) is 12.8 Å². The molecule has 0 amide bonds. The van der Waals surface area contributed by atoms with Crippen molar-refractivity contribution >= 4 is 5.97 Å². The van der Waals surface area contributed by atoms with Gasteiger partial charge in [0.25, 0.3) is 0 Å². The van der Waals surface area contributed by atoms with Crippen molar-refractivity contribution in [1.82, 2.24) is 0 Å². The molecule has 0 heterocycles. The van der Waals surface area contributed by atoms with Gasteiger partial charge in [0.15, 0.2) is 0 Å². The highest BCUT2D eigenvalue weighted by atomic mass is 16.5. The molecule has 0 aliphatic carbocycles. The molecule has 0 radical (unpaired) electrons. The lowest BCUT2D eigenvalue weighted by atomic mass is 9.85. The van der Waals surface area contributed by atoms with Crippen LogP contribution >= 0.6 is 0 Å². The number of hydrogen-bond donors (Lipinski definition) is 2. The third kappa shape index (κ3) is 6.84. The molecule has 0 saturated heterocycles. The van der Waals surface area contributed by atoms with E-state index in [0.717, 1.165) is 41.5 Å². The fraction of sp³-hybridized carbons (Fsp3) is 0.345. The Bertz CT molecular complexity index is 1030. The predicted molar refractivity (Wildman–Crippen MR) is 134 cm³/mol. The zero-order valence-corrected chi connectivity index (χ0v) is 20.2. The van der Waals surface area contributed by atoms with E-state index in [0.29, 0.717) is 17.9 Å². The lowest BCUT2D eigenvalue weighted by Gasteiger charge is -2.25. The molecular weight excluding hydrogens is 428 g/mol. The Hall–Kier alpha value is -3.31. The molecule has 0 bridgehead atoms. The molecule has 3 aromatic rings. The summed E-state index contributed by atoms with van der Waals surface area (Å²) in [5.74, 6) is 0.513. The summed E-state index contributed by atoms with van der Waals surface area (Å²) in [4.78, 5) is 11.0. The van der Waals surface area contributed by atoms with Gasteiger partial charge in [-0.25, -0.2) is 0 Å². The average Bonchev–Trinajstić information content (AvgIpc) is 2.84. The number of carbonyl (C=O) groups is 1. The SMILES string of the molecule is COc1cc(C(O)C(CCCc2ccccc2)Cc2ccc(CC(=O)O)cc2)cc(OC)c1C. The van der Waals surface area contributed by atoms with Crippen molar-refractivity contribution in [2.45, 2.75) is 45.1 Å². The van der Waals surface area contributed by atoms with Crippen molar-refractivity contribution in [1.29, 1.82) is 0 Å². The van der Waals surface area contributed by atoms with Gasteiger partial charge in [0.2, 0.25) is 0 Å². The molecular formula is C29H34O5. The van der Waals surface area contributed by atoms with E-state index >= 15 is 0 Å². The summed E-state index contributed by atoms with van der Waals surface area (Å²) in [7, 11) is 3.24. The lowest BCUT2D eigenvalue weighted by molar-refractivity contribution is -0.136. The third-order valence-corrected chi connectivity index (χ3v) is 6.32. The van der Waals surface area contributed by atoms with Crippen LogP contribution in [0.25, 0.3) is 0 Å². The number of benzene rings is 3. The number of aliphatic hydroxyl groups excluding tert-OH is 1. The molecule has 0 spiro atoms. The largest absolute Gasteiger partial charge is 0.496 e. The molecule has 5 nitrogen and oxygen atoms in total. The lowest BCUT2D eigenvalue weighted by Crippen LogP contribution is -2.17. The van der Waals surface area contributed by atoms with Crippen molar-refractivity contribution in [3.05, 3.63) is 94.5 Å².